The number of carbonyl (C=O) groups excluding carboxylic acids is 1. The maximum Gasteiger partial charge on any atom is 0.220 e. The fourth-order valence-electron chi connectivity index (χ4n) is 6.68. The molecule has 1 rings (SSSR count). The summed E-state index contributed by atoms with van der Waals surface area (Å²) >= 11 is 0. The van der Waals surface area contributed by atoms with Crippen LogP contribution < -0.4 is 5.32 Å². The third kappa shape index (κ3) is 23.5. The van der Waals surface area contributed by atoms with E-state index in [1.54, 1.807) is 0 Å². The van der Waals surface area contributed by atoms with Gasteiger partial charge in [0.15, 0.2) is 6.29 Å². The molecule has 7 atom stereocenters. The zero-order valence-electron chi connectivity index (χ0n) is 32.2. The molecule has 7 unspecified atom stereocenters. The molecule has 9 heteroatoms. The van der Waals surface area contributed by atoms with Gasteiger partial charge in [-0.05, 0) is 38.5 Å². The fraction of sp³-hybridized carbons (Fsp3) is 0.927. The number of aliphatic hydroxyl groups excluding tert-OH is 5. The van der Waals surface area contributed by atoms with Crippen LogP contribution in [-0.2, 0) is 14.3 Å². The first kappa shape index (κ1) is 47.0. The van der Waals surface area contributed by atoms with Gasteiger partial charge >= 0.3 is 0 Å². The third-order valence-corrected chi connectivity index (χ3v) is 10.1. The van der Waals surface area contributed by atoms with Crippen LogP contribution in [0, 0.1) is 0 Å². The lowest BCUT2D eigenvalue weighted by Crippen LogP contribution is -2.60. The van der Waals surface area contributed by atoms with E-state index in [-0.39, 0.29) is 12.5 Å². The molecular weight excluding hydrogens is 634 g/mol. The Labute approximate surface area is 306 Å². The maximum atomic E-state index is 12.9. The van der Waals surface area contributed by atoms with E-state index in [0.29, 0.717) is 12.8 Å². The number of hydrogen-bond acceptors (Lipinski definition) is 8. The molecule has 50 heavy (non-hydrogen) atoms. The van der Waals surface area contributed by atoms with Crippen LogP contribution >= 0.6 is 0 Å². The molecule has 1 heterocycles. The van der Waals surface area contributed by atoms with Crippen molar-refractivity contribution in [1.82, 2.24) is 5.32 Å². The minimum Gasteiger partial charge on any atom is -0.394 e. The number of aliphatic hydroxyl groups is 5. The zero-order valence-corrected chi connectivity index (χ0v) is 32.2. The van der Waals surface area contributed by atoms with Crippen molar-refractivity contribution in [2.75, 3.05) is 13.2 Å². The lowest BCUT2D eigenvalue weighted by molar-refractivity contribution is -0.302. The molecule has 1 aliphatic heterocycles. The van der Waals surface area contributed by atoms with Crippen LogP contribution in [0.5, 0.6) is 0 Å². The number of amides is 1. The van der Waals surface area contributed by atoms with Crippen LogP contribution in [0.2, 0.25) is 0 Å². The Morgan fingerprint density at radius 3 is 1.62 bits per heavy atom. The first-order chi connectivity index (χ1) is 24.3. The molecule has 0 aromatic carbocycles. The van der Waals surface area contributed by atoms with Crippen molar-refractivity contribution >= 4 is 5.91 Å². The van der Waals surface area contributed by atoms with E-state index in [4.69, 9.17) is 9.47 Å². The molecule has 1 fully saturated rings. The summed E-state index contributed by atoms with van der Waals surface area (Å²) in [5.74, 6) is -0.151. The van der Waals surface area contributed by atoms with E-state index in [9.17, 15) is 30.3 Å². The van der Waals surface area contributed by atoms with Gasteiger partial charge in [-0.1, -0.05) is 154 Å². The van der Waals surface area contributed by atoms with E-state index in [1.807, 2.05) is 0 Å². The van der Waals surface area contributed by atoms with Gasteiger partial charge < -0.3 is 40.3 Å². The van der Waals surface area contributed by atoms with Crippen LogP contribution in [0.1, 0.15) is 187 Å². The van der Waals surface area contributed by atoms with Crippen LogP contribution in [0.4, 0.5) is 0 Å². The zero-order chi connectivity index (χ0) is 36.7. The molecule has 6 N–H and O–H groups in total. The number of unbranched alkanes of at least 4 members (excludes halogenated alkanes) is 22. The lowest BCUT2D eigenvalue weighted by atomic mass is 9.99. The van der Waals surface area contributed by atoms with E-state index in [0.717, 1.165) is 38.5 Å². The molecule has 1 aliphatic rings. The predicted octanol–water partition coefficient (Wildman–Crippen LogP) is 7.78. The normalized spacial score (nSPS) is 22.3. The van der Waals surface area contributed by atoms with Gasteiger partial charge in [0, 0.05) is 6.42 Å². The summed E-state index contributed by atoms with van der Waals surface area (Å²) in [7, 11) is 0. The molecule has 0 saturated carbocycles. The summed E-state index contributed by atoms with van der Waals surface area (Å²) in [5.41, 5.74) is 0. The molecule has 296 valence electrons. The Bertz CT molecular complexity index is 797. The van der Waals surface area contributed by atoms with Crippen molar-refractivity contribution < 1.29 is 39.8 Å². The number of nitrogens with one attached hydrogen (secondary N) is 1. The second-order valence-corrected chi connectivity index (χ2v) is 14.8. The molecule has 0 aromatic heterocycles. The van der Waals surface area contributed by atoms with E-state index >= 15 is 0 Å². The highest BCUT2D eigenvalue weighted by atomic mass is 16.7. The van der Waals surface area contributed by atoms with Crippen molar-refractivity contribution in [2.45, 2.75) is 230 Å². The highest BCUT2D eigenvalue weighted by Gasteiger charge is 2.44. The molecule has 0 aromatic rings. The van der Waals surface area contributed by atoms with Gasteiger partial charge in [0.05, 0.1) is 25.4 Å². The SMILES string of the molecule is CCCCCCCC/C=C\CCCCCCCCCC(=O)NC(COC1OC(CO)C(O)C(O)C1O)C(O)CCCCCCCCCCCC. The Hall–Kier alpha value is -1.07. The van der Waals surface area contributed by atoms with Crippen LogP contribution in [0.25, 0.3) is 0 Å². The maximum absolute atomic E-state index is 12.9. The smallest absolute Gasteiger partial charge is 0.220 e. The molecule has 1 saturated heterocycles. The Kier molecular flexibility index (Phi) is 30.6. The van der Waals surface area contributed by atoms with Crippen LogP contribution in [-0.4, -0.2) is 87.5 Å². The van der Waals surface area contributed by atoms with Gasteiger partial charge in [0.25, 0.3) is 0 Å². The average molecular weight is 714 g/mol. The summed E-state index contributed by atoms with van der Waals surface area (Å²) in [6, 6.07) is -0.715. The van der Waals surface area contributed by atoms with E-state index in [1.165, 1.54) is 122 Å². The summed E-state index contributed by atoms with van der Waals surface area (Å²) in [4.78, 5) is 12.9. The quantitative estimate of drug-likeness (QED) is 0.0293. The largest absolute Gasteiger partial charge is 0.394 e. The first-order valence-electron chi connectivity index (χ1n) is 20.9. The van der Waals surface area contributed by atoms with Crippen molar-refractivity contribution in [3.8, 4) is 0 Å². The van der Waals surface area contributed by atoms with Gasteiger partial charge in [-0.25, -0.2) is 0 Å². The number of hydrogen-bond donors (Lipinski definition) is 6. The topological polar surface area (TPSA) is 149 Å². The molecular formula is C41H79NO8. The number of carbonyl (C=O) groups is 1. The monoisotopic (exact) mass is 714 g/mol. The second kappa shape index (κ2) is 32.6. The number of allylic oxidation sites excluding steroid dienone is 2. The Morgan fingerprint density at radius 2 is 1.12 bits per heavy atom. The minimum absolute atomic E-state index is 0.137. The fourth-order valence-corrected chi connectivity index (χ4v) is 6.68. The molecule has 0 bridgehead atoms. The summed E-state index contributed by atoms with van der Waals surface area (Å²) in [5, 5.41) is 54.1. The minimum atomic E-state index is -1.55. The predicted molar refractivity (Wildman–Crippen MR) is 203 cm³/mol. The van der Waals surface area contributed by atoms with E-state index < -0.39 is 49.5 Å². The van der Waals surface area contributed by atoms with Crippen molar-refractivity contribution in [3.63, 3.8) is 0 Å². The van der Waals surface area contributed by atoms with Crippen molar-refractivity contribution in [3.05, 3.63) is 12.2 Å². The van der Waals surface area contributed by atoms with Gasteiger partial charge in [-0.2, -0.15) is 0 Å². The third-order valence-electron chi connectivity index (χ3n) is 10.1. The number of ether oxygens (including phenoxy) is 2. The molecule has 0 radical (unpaired) electrons. The van der Waals surface area contributed by atoms with Crippen LogP contribution in [0.3, 0.4) is 0 Å². The Balaban J connectivity index is 2.35. The lowest BCUT2D eigenvalue weighted by Gasteiger charge is -2.40. The summed E-state index contributed by atoms with van der Waals surface area (Å²) in [6.45, 7) is 3.80. The standard InChI is InChI=1S/C41H79NO8/c1-3-5-7-9-11-13-15-16-17-18-19-20-21-23-25-27-29-31-37(45)42-34(33-49-41-40(48)39(47)38(46)36(32-43)50-41)35(44)30-28-26-24-22-14-12-10-8-6-4-2/h16-17,34-36,38-41,43-44,46-48H,3-15,18-33H2,1-2H3,(H,42,45)/b17-16-. The van der Waals surface area contributed by atoms with Crippen molar-refractivity contribution in [1.29, 1.82) is 0 Å². The average Bonchev–Trinajstić information content (AvgIpc) is 3.11. The summed E-state index contributed by atoms with van der Waals surface area (Å²) in [6.07, 6.45) is 27.9. The number of rotatable bonds is 34. The van der Waals surface area contributed by atoms with E-state index in [2.05, 4.69) is 31.3 Å². The highest BCUT2D eigenvalue weighted by Crippen LogP contribution is 2.23. The molecule has 0 aliphatic carbocycles. The Morgan fingerprint density at radius 1 is 0.660 bits per heavy atom. The molecule has 9 nitrogen and oxygen atoms in total. The van der Waals surface area contributed by atoms with Crippen LogP contribution in [0.15, 0.2) is 12.2 Å². The van der Waals surface area contributed by atoms with Crippen molar-refractivity contribution in [2.24, 2.45) is 0 Å². The van der Waals surface area contributed by atoms with Gasteiger partial charge in [0.2, 0.25) is 5.91 Å². The molecule has 0 spiro atoms. The van der Waals surface area contributed by atoms with Gasteiger partial charge in [0.1, 0.15) is 24.4 Å². The van der Waals surface area contributed by atoms with Gasteiger partial charge in [-0.15, -0.1) is 0 Å². The van der Waals surface area contributed by atoms with Gasteiger partial charge in [-0.3, -0.25) is 4.79 Å². The first-order valence-corrected chi connectivity index (χ1v) is 20.9. The molecule has 1 amide bonds. The summed E-state index contributed by atoms with van der Waals surface area (Å²) < 4.78 is 11.2. The highest BCUT2D eigenvalue weighted by molar-refractivity contribution is 5.76. The second-order valence-electron chi connectivity index (χ2n) is 14.8.